The highest BCUT2D eigenvalue weighted by Crippen LogP contribution is 2.20. The number of amides is 1. The van der Waals surface area contributed by atoms with Gasteiger partial charge < -0.3 is 19.9 Å². The summed E-state index contributed by atoms with van der Waals surface area (Å²) in [6.07, 6.45) is 6.18. The first kappa shape index (κ1) is 17.9. The van der Waals surface area contributed by atoms with Gasteiger partial charge in [-0.25, -0.2) is 4.79 Å². The molecule has 1 saturated carbocycles. The zero-order valence-electron chi connectivity index (χ0n) is 14.9. The van der Waals surface area contributed by atoms with Gasteiger partial charge in [0.25, 0.3) is 0 Å². The van der Waals surface area contributed by atoms with E-state index < -0.39 is 5.60 Å². The normalized spacial score (nSPS) is 21.4. The van der Waals surface area contributed by atoms with Crippen LogP contribution >= 0.6 is 0 Å². The fraction of sp³-hybridized carbons (Fsp3) is 0.722. The van der Waals surface area contributed by atoms with E-state index in [2.05, 4.69) is 40.5 Å². The maximum absolute atomic E-state index is 12.0. The van der Waals surface area contributed by atoms with E-state index in [0.29, 0.717) is 6.04 Å². The highest BCUT2D eigenvalue weighted by molar-refractivity contribution is 5.68. The summed E-state index contributed by atoms with van der Waals surface area (Å²) in [6.45, 7) is 9.74. The molecule has 2 unspecified atom stereocenters. The monoisotopic (exact) mass is 321 g/mol. The molecular weight excluding hydrogens is 290 g/mol. The Bertz CT molecular complexity index is 505. The molecule has 2 rings (SSSR count). The molecule has 1 aliphatic carbocycles. The minimum absolute atomic E-state index is 0.152. The molecule has 0 aromatic carbocycles. The van der Waals surface area contributed by atoms with Crippen LogP contribution in [-0.4, -0.2) is 28.3 Å². The van der Waals surface area contributed by atoms with E-state index in [1.54, 1.807) is 0 Å². The van der Waals surface area contributed by atoms with E-state index in [1.807, 2.05) is 20.8 Å². The van der Waals surface area contributed by atoms with Crippen molar-refractivity contribution in [3.8, 4) is 0 Å². The van der Waals surface area contributed by atoms with Gasteiger partial charge in [0.2, 0.25) is 0 Å². The van der Waals surface area contributed by atoms with Crippen molar-refractivity contribution in [2.45, 2.75) is 84.2 Å². The fourth-order valence-corrected chi connectivity index (χ4v) is 3.14. The lowest BCUT2D eigenvalue weighted by Crippen LogP contribution is -2.47. The van der Waals surface area contributed by atoms with Crippen LogP contribution in [0, 0.1) is 0 Å². The third kappa shape index (κ3) is 5.57. The molecule has 1 heterocycles. The Morgan fingerprint density at radius 2 is 2.09 bits per heavy atom. The largest absolute Gasteiger partial charge is 0.444 e. The lowest BCUT2D eigenvalue weighted by molar-refractivity contribution is 0.0498. The summed E-state index contributed by atoms with van der Waals surface area (Å²) in [7, 11) is 0. The second-order valence-electron chi connectivity index (χ2n) is 7.36. The molecular formula is C18H31N3O2. The maximum atomic E-state index is 12.0. The molecule has 23 heavy (non-hydrogen) atoms. The summed E-state index contributed by atoms with van der Waals surface area (Å²) in [4.78, 5) is 12.0. The van der Waals surface area contributed by atoms with Gasteiger partial charge in [-0.2, -0.15) is 0 Å². The van der Waals surface area contributed by atoms with Crippen LogP contribution in [0.4, 0.5) is 4.79 Å². The SMILES string of the molecule is CCCn1cccc1CNC1CCCC1NC(=O)OC(C)(C)C. The number of hydrogen-bond acceptors (Lipinski definition) is 3. The van der Waals surface area contributed by atoms with Crippen molar-refractivity contribution in [1.82, 2.24) is 15.2 Å². The van der Waals surface area contributed by atoms with Crippen molar-refractivity contribution >= 4 is 6.09 Å². The molecule has 130 valence electrons. The maximum Gasteiger partial charge on any atom is 0.407 e. The van der Waals surface area contributed by atoms with Gasteiger partial charge in [-0.3, -0.25) is 0 Å². The van der Waals surface area contributed by atoms with Crippen LogP contribution in [0.15, 0.2) is 18.3 Å². The Hall–Kier alpha value is -1.49. The van der Waals surface area contributed by atoms with Gasteiger partial charge in [-0.05, 0) is 58.6 Å². The molecule has 1 amide bonds. The Balaban J connectivity index is 1.84. The average Bonchev–Trinajstić information content (AvgIpc) is 3.04. The Morgan fingerprint density at radius 1 is 1.35 bits per heavy atom. The van der Waals surface area contributed by atoms with Gasteiger partial charge in [-0.1, -0.05) is 6.92 Å². The average molecular weight is 321 g/mol. The predicted octanol–water partition coefficient (Wildman–Crippen LogP) is 3.43. The zero-order valence-corrected chi connectivity index (χ0v) is 14.9. The molecule has 2 atom stereocenters. The topological polar surface area (TPSA) is 55.3 Å². The van der Waals surface area contributed by atoms with E-state index in [1.165, 1.54) is 5.69 Å². The van der Waals surface area contributed by atoms with Crippen molar-refractivity contribution in [3.63, 3.8) is 0 Å². The minimum Gasteiger partial charge on any atom is -0.444 e. The molecule has 1 aliphatic rings. The van der Waals surface area contributed by atoms with Crippen molar-refractivity contribution in [3.05, 3.63) is 24.0 Å². The van der Waals surface area contributed by atoms with Crippen LogP contribution < -0.4 is 10.6 Å². The minimum atomic E-state index is -0.452. The Morgan fingerprint density at radius 3 is 2.78 bits per heavy atom. The number of alkyl carbamates (subject to hydrolysis) is 1. The van der Waals surface area contributed by atoms with E-state index in [9.17, 15) is 4.79 Å². The molecule has 5 nitrogen and oxygen atoms in total. The number of hydrogen-bond donors (Lipinski definition) is 2. The summed E-state index contributed by atoms with van der Waals surface area (Å²) < 4.78 is 7.66. The van der Waals surface area contributed by atoms with E-state index >= 15 is 0 Å². The first-order valence-electron chi connectivity index (χ1n) is 8.76. The molecule has 0 radical (unpaired) electrons. The third-order valence-electron chi connectivity index (χ3n) is 4.15. The summed E-state index contributed by atoms with van der Waals surface area (Å²) >= 11 is 0. The number of aromatic nitrogens is 1. The summed E-state index contributed by atoms with van der Waals surface area (Å²) in [6, 6.07) is 4.72. The second kappa shape index (κ2) is 7.86. The quantitative estimate of drug-likeness (QED) is 0.844. The van der Waals surface area contributed by atoms with Crippen LogP contribution in [0.1, 0.15) is 59.1 Å². The molecule has 5 heteroatoms. The molecule has 0 saturated heterocycles. The van der Waals surface area contributed by atoms with Gasteiger partial charge in [0.1, 0.15) is 5.60 Å². The molecule has 1 aromatic rings. The van der Waals surface area contributed by atoms with E-state index in [-0.39, 0.29) is 12.1 Å². The van der Waals surface area contributed by atoms with E-state index in [0.717, 1.165) is 38.8 Å². The molecule has 1 aromatic heterocycles. The van der Waals surface area contributed by atoms with Crippen LogP contribution in [0.2, 0.25) is 0 Å². The number of carbonyl (C=O) groups excluding carboxylic acids is 1. The van der Waals surface area contributed by atoms with Crippen molar-refractivity contribution < 1.29 is 9.53 Å². The fourth-order valence-electron chi connectivity index (χ4n) is 3.14. The summed E-state index contributed by atoms with van der Waals surface area (Å²) in [5, 5.41) is 6.63. The smallest absolute Gasteiger partial charge is 0.407 e. The number of aryl methyl sites for hydroxylation is 1. The molecule has 0 spiro atoms. The van der Waals surface area contributed by atoms with Crippen LogP contribution in [-0.2, 0) is 17.8 Å². The zero-order chi connectivity index (χ0) is 16.9. The molecule has 1 fully saturated rings. The van der Waals surface area contributed by atoms with Gasteiger partial charge >= 0.3 is 6.09 Å². The lowest BCUT2D eigenvalue weighted by Gasteiger charge is -2.25. The summed E-state index contributed by atoms with van der Waals surface area (Å²) in [5.41, 5.74) is 0.849. The second-order valence-corrected chi connectivity index (χ2v) is 7.36. The van der Waals surface area contributed by atoms with Gasteiger partial charge in [0, 0.05) is 37.1 Å². The van der Waals surface area contributed by atoms with Crippen molar-refractivity contribution in [1.29, 1.82) is 0 Å². The molecule has 2 N–H and O–H groups in total. The van der Waals surface area contributed by atoms with Crippen LogP contribution in [0.3, 0.4) is 0 Å². The predicted molar refractivity (Wildman–Crippen MR) is 92.4 cm³/mol. The highest BCUT2D eigenvalue weighted by Gasteiger charge is 2.29. The summed E-state index contributed by atoms with van der Waals surface area (Å²) in [5.74, 6) is 0. The number of nitrogens with one attached hydrogen (secondary N) is 2. The number of carbonyl (C=O) groups is 1. The number of ether oxygens (including phenoxy) is 1. The van der Waals surface area contributed by atoms with Gasteiger partial charge in [0.15, 0.2) is 0 Å². The Kier molecular flexibility index (Phi) is 6.10. The highest BCUT2D eigenvalue weighted by atomic mass is 16.6. The molecule has 0 bridgehead atoms. The number of rotatable bonds is 6. The first-order valence-corrected chi connectivity index (χ1v) is 8.76. The Labute approximate surface area is 139 Å². The van der Waals surface area contributed by atoms with Crippen LogP contribution in [0.25, 0.3) is 0 Å². The van der Waals surface area contributed by atoms with Gasteiger partial charge in [-0.15, -0.1) is 0 Å². The van der Waals surface area contributed by atoms with Crippen molar-refractivity contribution in [2.24, 2.45) is 0 Å². The lowest BCUT2D eigenvalue weighted by atomic mass is 10.1. The van der Waals surface area contributed by atoms with E-state index in [4.69, 9.17) is 4.74 Å². The molecule has 0 aliphatic heterocycles. The van der Waals surface area contributed by atoms with Crippen LogP contribution in [0.5, 0.6) is 0 Å². The standard InChI is InChI=1S/C18H31N3O2/c1-5-11-21-12-7-8-14(21)13-19-15-9-6-10-16(15)20-17(22)23-18(2,3)4/h7-8,12,15-16,19H,5-6,9-11,13H2,1-4H3,(H,20,22). The third-order valence-corrected chi connectivity index (χ3v) is 4.15. The van der Waals surface area contributed by atoms with Crippen molar-refractivity contribution in [2.75, 3.05) is 0 Å². The first-order chi connectivity index (χ1) is 10.9. The number of nitrogens with zero attached hydrogens (tertiary/aromatic N) is 1. The van der Waals surface area contributed by atoms with Gasteiger partial charge in [0.05, 0.1) is 0 Å².